The molecule has 0 saturated carbocycles. The average molecular weight is 818 g/mol. The molecule has 0 aromatic carbocycles. The van der Waals surface area contributed by atoms with Gasteiger partial charge in [0, 0.05) is 0 Å². The maximum Gasteiger partial charge on any atom is 0.249 e. The molecule has 58 heavy (non-hydrogen) atoms. The molecule has 0 aliphatic heterocycles. The summed E-state index contributed by atoms with van der Waals surface area (Å²) in [7, 11) is 0. The van der Waals surface area contributed by atoms with Crippen LogP contribution in [0.25, 0.3) is 0 Å². The molecule has 6 nitrogen and oxygen atoms in total. The molecule has 0 bridgehead atoms. The molecule has 4 unspecified atom stereocenters. The molecule has 4 atom stereocenters. The van der Waals surface area contributed by atoms with E-state index in [0.29, 0.717) is 19.3 Å². The lowest BCUT2D eigenvalue weighted by Crippen LogP contribution is -2.53. The Balaban J connectivity index is 3.60. The van der Waals surface area contributed by atoms with Crippen LogP contribution >= 0.6 is 0 Å². The molecule has 0 spiro atoms. The van der Waals surface area contributed by atoms with Crippen LogP contribution in [0.2, 0.25) is 0 Å². The fourth-order valence-electron chi connectivity index (χ4n) is 7.86. The van der Waals surface area contributed by atoms with E-state index in [9.17, 15) is 25.2 Å². The normalized spacial score (nSPS) is 14.2. The smallest absolute Gasteiger partial charge is 0.249 e. The molecule has 0 aromatic heterocycles. The van der Waals surface area contributed by atoms with Gasteiger partial charge in [-0.1, -0.05) is 237 Å². The number of carbonyl (C=O) groups excluding carboxylic acids is 1. The second-order valence-electron chi connectivity index (χ2n) is 17.5. The molecular weight excluding hydrogens is 719 g/mol. The monoisotopic (exact) mass is 818 g/mol. The van der Waals surface area contributed by atoms with Crippen LogP contribution < -0.4 is 5.32 Å². The molecule has 0 aliphatic rings. The molecule has 0 heterocycles. The molecule has 1 amide bonds. The number of carbonyl (C=O) groups is 1. The van der Waals surface area contributed by atoms with E-state index in [2.05, 4.69) is 55.6 Å². The largest absolute Gasteiger partial charge is 0.394 e. The average Bonchev–Trinajstić information content (AvgIpc) is 3.23. The summed E-state index contributed by atoms with van der Waals surface area (Å²) in [5.74, 6) is -0.597. The Morgan fingerprint density at radius 3 is 1.10 bits per heavy atom. The van der Waals surface area contributed by atoms with Crippen LogP contribution in [0.1, 0.15) is 258 Å². The Bertz CT molecular complexity index is 919. The first-order valence-electron chi connectivity index (χ1n) is 25.4. The van der Waals surface area contributed by atoms with Crippen molar-refractivity contribution < 1.29 is 25.2 Å². The van der Waals surface area contributed by atoms with Gasteiger partial charge in [-0.3, -0.25) is 4.79 Å². The quantitative estimate of drug-likeness (QED) is 0.0310. The first-order chi connectivity index (χ1) is 28.5. The zero-order chi connectivity index (χ0) is 42.4. The van der Waals surface area contributed by atoms with Crippen molar-refractivity contribution in [1.29, 1.82) is 0 Å². The molecule has 0 fully saturated rings. The van der Waals surface area contributed by atoms with Gasteiger partial charge in [0.2, 0.25) is 5.91 Å². The minimum absolute atomic E-state index is 0.362. The third-order valence-corrected chi connectivity index (χ3v) is 11.8. The Labute approximate surface area is 360 Å². The van der Waals surface area contributed by atoms with E-state index in [-0.39, 0.29) is 0 Å². The van der Waals surface area contributed by atoms with E-state index in [1.807, 2.05) is 0 Å². The molecule has 0 radical (unpaired) electrons. The number of nitrogens with one attached hydrogen (secondary N) is 1. The van der Waals surface area contributed by atoms with Crippen molar-refractivity contribution in [2.24, 2.45) is 0 Å². The Morgan fingerprint density at radius 2 is 0.759 bits per heavy atom. The van der Waals surface area contributed by atoms with Crippen LogP contribution in [0.3, 0.4) is 0 Å². The SMILES string of the molecule is CC/C=C/CC/C=C/CC/C=C/CCCC(O)C(O)C(CO)NC(=O)C(O)CCCCCCCCCCCCCCCCCCCCCCCCCCCCCCC. The number of allylic oxidation sites excluding steroid dienone is 6. The summed E-state index contributed by atoms with van der Waals surface area (Å²) in [6, 6.07) is -1.01. The lowest BCUT2D eigenvalue weighted by Gasteiger charge is -2.27. The molecule has 0 saturated heterocycles. The predicted octanol–water partition coefficient (Wildman–Crippen LogP) is 14.1. The highest BCUT2D eigenvalue weighted by Crippen LogP contribution is 2.17. The Morgan fingerprint density at radius 1 is 0.431 bits per heavy atom. The number of aliphatic hydroxyl groups is 4. The Kier molecular flexibility index (Phi) is 45.4. The summed E-state index contributed by atoms with van der Waals surface area (Å²) >= 11 is 0. The van der Waals surface area contributed by atoms with Gasteiger partial charge in [-0.05, 0) is 57.8 Å². The van der Waals surface area contributed by atoms with E-state index in [1.54, 1.807) is 0 Å². The van der Waals surface area contributed by atoms with Crippen molar-refractivity contribution in [3.63, 3.8) is 0 Å². The van der Waals surface area contributed by atoms with Crippen LogP contribution in [0.15, 0.2) is 36.5 Å². The summed E-state index contributed by atoms with van der Waals surface area (Å²) in [5, 5.41) is 43.7. The van der Waals surface area contributed by atoms with E-state index >= 15 is 0 Å². The van der Waals surface area contributed by atoms with Gasteiger partial charge in [-0.15, -0.1) is 0 Å². The highest BCUT2D eigenvalue weighted by Gasteiger charge is 2.28. The van der Waals surface area contributed by atoms with Gasteiger partial charge in [0.1, 0.15) is 12.2 Å². The van der Waals surface area contributed by atoms with Crippen LogP contribution in [-0.4, -0.2) is 57.3 Å². The molecule has 0 aromatic rings. The molecule has 0 aliphatic carbocycles. The predicted molar refractivity (Wildman–Crippen MR) is 251 cm³/mol. The third-order valence-electron chi connectivity index (χ3n) is 11.8. The molecule has 342 valence electrons. The lowest BCUT2D eigenvalue weighted by molar-refractivity contribution is -0.132. The van der Waals surface area contributed by atoms with Crippen molar-refractivity contribution in [3.05, 3.63) is 36.5 Å². The summed E-state index contributed by atoms with van der Waals surface area (Å²) in [6.07, 6.45) is 56.5. The highest BCUT2D eigenvalue weighted by molar-refractivity contribution is 5.80. The fourth-order valence-corrected chi connectivity index (χ4v) is 7.86. The standard InChI is InChI=1S/C52H99NO5/c1-3-5-7-9-11-13-15-17-18-19-20-21-22-23-24-25-26-27-28-29-30-31-32-34-36-38-40-42-44-46-50(56)52(58)53-48(47-54)51(57)49(55)45-43-41-39-37-35-33-16-14-12-10-8-6-4-2/h6,8,14,16,37,39,48-51,54-57H,3-5,7,9-13,15,17-36,38,40-47H2,1-2H3,(H,53,58)/b8-6+,16-14+,39-37+. The van der Waals surface area contributed by atoms with Crippen LogP contribution in [-0.2, 0) is 4.79 Å². The maximum atomic E-state index is 12.5. The van der Waals surface area contributed by atoms with Gasteiger partial charge in [-0.25, -0.2) is 0 Å². The third kappa shape index (κ3) is 40.0. The van der Waals surface area contributed by atoms with Gasteiger partial charge in [0.25, 0.3) is 0 Å². The molecule has 6 heteroatoms. The number of unbranched alkanes of at least 4 members (excludes halogenated alkanes) is 31. The molecule has 5 N–H and O–H groups in total. The summed E-state index contributed by atoms with van der Waals surface area (Å²) in [4.78, 5) is 12.5. The minimum Gasteiger partial charge on any atom is -0.394 e. The zero-order valence-electron chi connectivity index (χ0n) is 38.5. The minimum atomic E-state index is -1.29. The van der Waals surface area contributed by atoms with Crippen molar-refractivity contribution in [3.8, 4) is 0 Å². The van der Waals surface area contributed by atoms with E-state index in [1.165, 1.54) is 167 Å². The van der Waals surface area contributed by atoms with E-state index < -0.39 is 36.9 Å². The Hall–Kier alpha value is -1.47. The van der Waals surface area contributed by atoms with Gasteiger partial charge in [0.15, 0.2) is 0 Å². The van der Waals surface area contributed by atoms with Crippen LogP contribution in [0.4, 0.5) is 0 Å². The number of aliphatic hydroxyl groups excluding tert-OH is 4. The summed E-state index contributed by atoms with van der Waals surface area (Å²) in [5.41, 5.74) is 0. The summed E-state index contributed by atoms with van der Waals surface area (Å²) in [6.45, 7) is 3.94. The van der Waals surface area contributed by atoms with Crippen molar-refractivity contribution in [2.45, 2.75) is 282 Å². The molecular formula is C52H99NO5. The van der Waals surface area contributed by atoms with Crippen molar-refractivity contribution >= 4 is 5.91 Å². The summed E-state index contributed by atoms with van der Waals surface area (Å²) < 4.78 is 0. The second-order valence-corrected chi connectivity index (χ2v) is 17.5. The van der Waals surface area contributed by atoms with Crippen LogP contribution in [0.5, 0.6) is 0 Å². The number of hydrogen-bond donors (Lipinski definition) is 5. The van der Waals surface area contributed by atoms with Crippen molar-refractivity contribution in [2.75, 3.05) is 6.61 Å². The first kappa shape index (κ1) is 56.5. The second kappa shape index (κ2) is 46.6. The lowest BCUT2D eigenvalue weighted by atomic mass is 10.00. The van der Waals surface area contributed by atoms with Gasteiger partial charge >= 0.3 is 0 Å². The van der Waals surface area contributed by atoms with E-state index in [4.69, 9.17) is 0 Å². The van der Waals surface area contributed by atoms with Gasteiger partial charge < -0.3 is 25.7 Å². The number of hydrogen-bond acceptors (Lipinski definition) is 5. The fraction of sp³-hybridized carbons (Fsp3) is 0.865. The zero-order valence-corrected chi connectivity index (χ0v) is 38.5. The van der Waals surface area contributed by atoms with Crippen LogP contribution in [0, 0.1) is 0 Å². The number of amides is 1. The molecule has 0 rings (SSSR count). The van der Waals surface area contributed by atoms with Gasteiger partial charge in [0.05, 0.1) is 18.8 Å². The number of rotatable bonds is 46. The van der Waals surface area contributed by atoms with Gasteiger partial charge in [-0.2, -0.15) is 0 Å². The highest BCUT2D eigenvalue weighted by atomic mass is 16.3. The maximum absolute atomic E-state index is 12.5. The topological polar surface area (TPSA) is 110 Å². The van der Waals surface area contributed by atoms with Crippen molar-refractivity contribution in [1.82, 2.24) is 5.32 Å². The first-order valence-corrected chi connectivity index (χ1v) is 25.4. The van der Waals surface area contributed by atoms with E-state index in [0.717, 1.165) is 57.8 Å².